The molecule has 7 nitrogen and oxygen atoms in total. The van der Waals surface area contributed by atoms with Crippen molar-refractivity contribution in [3.8, 4) is 0 Å². The molecule has 2 heterocycles. The molecule has 0 saturated heterocycles. The fourth-order valence-corrected chi connectivity index (χ4v) is 3.92. The molecular weight excluding hydrogens is 398 g/mol. The molecule has 1 N–H and O–H groups in total. The maximum atomic E-state index is 12.8. The number of thioether (sulfide) groups is 1. The smallest absolute Gasteiger partial charge is 0.252 e. The Morgan fingerprint density at radius 3 is 2.83 bits per heavy atom. The number of aromatic nitrogens is 4. The molecule has 0 bridgehead atoms. The highest BCUT2D eigenvalue weighted by atomic mass is 32.2. The van der Waals surface area contributed by atoms with Crippen LogP contribution in [0.25, 0.3) is 0 Å². The van der Waals surface area contributed by atoms with Crippen LogP contribution in [0.1, 0.15) is 33.2 Å². The second-order valence-corrected chi connectivity index (χ2v) is 7.77. The van der Waals surface area contributed by atoms with Crippen molar-refractivity contribution in [3.63, 3.8) is 0 Å². The van der Waals surface area contributed by atoms with E-state index >= 15 is 0 Å². The SMILES string of the molecule is Cc1nc(CSc2ccccc2C(=O)NCc2cccc(Cn3ccnc3)c2)no1. The van der Waals surface area contributed by atoms with E-state index in [1.165, 1.54) is 11.8 Å². The lowest BCUT2D eigenvalue weighted by Crippen LogP contribution is -2.23. The zero-order valence-electron chi connectivity index (χ0n) is 16.5. The summed E-state index contributed by atoms with van der Waals surface area (Å²) in [5, 5.41) is 6.93. The summed E-state index contributed by atoms with van der Waals surface area (Å²) >= 11 is 1.51. The van der Waals surface area contributed by atoms with Gasteiger partial charge in [0.05, 0.1) is 17.6 Å². The average molecular weight is 420 g/mol. The number of carbonyl (C=O) groups excluding carboxylic acids is 1. The van der Waals surface area contributed by atoms with Crippen molar-refractivity contribution in [3.05, 3.63) is 95.7 Å². The van der Waals surface area contributed by atoms with E-state index in [9.17, 15) is 4.79 Å². The first-order valence-corrected chi connectivity index (χ1v) is 10.5. The predicted molar refractivity (Wildman–Crippen MR) is 114 cm³/mol. The van der Waals surface area contributed by atoms with Crippen LogP contribution in [-0.4, -0.2) is 25.6 Å². The first-order chi connectivity index (χ1) is 14.7. The molecule has 1 amide bonds. The monoisotopic (exact) mass is 419 g/mol. The molecule has 4 rings (SSSR count). The quantitative estimate of drug-likeness (QED) is 0.437. The van der Waals surface area contributed by atoms with Gasteiger partial charge in [0.15, 0.2) is 5.82 Å². The lowest BCUT2D eigenvalue weighted by atomic mass is 10.1. The van der Waals surface area contributed by atoms with Crippen LogP contribution in [0.4, 0.5) is 0 Å². The zero-order chi connectivity index (χ0) is 20.8. The van der Waals surface area contributed by atoms with Crippen molar-refractivity contribution in [1.29, 1.82) is 0 Å². The number of benzene rings is 2. The topological polar surface area (TPSA) is 85.8 Å². The molecule has 4 aromatic rings. The number of imidazole rings is 1. The lowest BCUT2D eigenvalue weighted by Gasteiger charge is -2.10. The first kappa shape index (κ1) is 19.9. The lowest BCUT2D eigenvalue weighted by molar-refractivity contribution is 0.0948. The summed E-state index contributed by atoms with van der Waals surface area (Å²) in [6.45, 7) is 2.96. The molecule has 0 aliphatic heterocycles. The summed E-state index contributed by atoms with van der Waals surface area (Å²) < 4.78 is 7.01. The zero-order valence-corrected chi connectivity index (χ0v) is 17.3. The first-order valence-electron chi connectivity index (χ1n) is 9.50. The number of hydrogen-bond donors (Lipinski definition) is 1. The largest absolute Gasteiger partial charge is 0.348 e. The number of amides is 1. The third kappa shape index (κ3) is 5.15. The number of nitrogens with one attached hydrogen (secondary N) is 1. The second kappa shape index (κ2) is 9.41. The fraction of sp³-hybridized carbons (Fsp3) is 0.182. The Balaban J connectivity index is 1.38. The van der Waals surface area contributed by atoms with Crippen LogP contribution < -0.4 is 5.32 Å². The molecule has 0 radical (unpaired) electrons. The average Bonchev–Trinajstić information content (AvgIpc) is 3.42. The van der Waals surface area contributed by atoms with Gasteiger partial charge in [0.25, 0.3) is 5.91 Å². The van der Waals surface area contributed by atoms with E-state index in [0.29, 0.717) is 29.6 Å². The van der Waals surface area contributed by atoms with Gasteiger partial charge >= 0.3 is 0 Å². The highest BCUT2D eigenvalue weighted by Gasteiger charge is 2.13. The third-order valence-corrected chi connectivity index (χ3v) is 5.50. The summed E-state index contributed by atoms with van der Waals surface area (Å²) in [5.41, 5.74) is 2.84. The van der Waals surface area contributed by atoms with Gasteiger partial charge in [0, 0.05) is 37.3 Å². The minimum absolute atomic E-state index is 0.109. The molecule has 0 atom stereocenters. The van der Waals surface area contributed by atoms with Crippen molar-refractivity contribution in [2.75, 3.05) is 0 Å². The summed E-state index contributed by atoms with van der Waals surface area (Å²) in [6, 6.07) is 15.7. The molecule has 0 aliphatic rings. The van der Waals surface area contributed by atoms with Crippen molar-refractivity contribution < 1.29 is 9.32 Å². The van der Waals surface area contributed by atoms with Gasteiger partial charge in [-0.05, 0) is 23.3 Å². The van der Waals surface area contributed by atoms with E-state index in [2.05, 4.69) is 32.6 Å². The molecule has 0 fully saturated rings. The van der Waals surface area contributed by atoms with Gasteiger partial charge in [-0.15, -0.1) is 11.8 Å². The Hall–Kier alpha value is -3.39. The predicted octanol–water partition coefficient (Wildman–Crippen LogP) is 3.85. The van der Waals surface area contributed by atoms with E-state index in [1.807, 2.05) is 47.2 Å². The minimum atomic E-state index is -0.109. The van der Waals surface area contributed by atoms with Crippen LogP contribution in [0, 0.1) is 6.92 Å². The number of carbonyl (C=O) groups is 1. The third-order valence-electron chi connectivity index (χ3n) is 4.43. The van der Waals surface area contributed by atoms with Gasteiger partial charge in [-0.25, -0.2) is 4.98 Å². The molecule has 30 heavy (non-hydrogen) atoms. The summed E-state index contributed by atoms with van der Waals surface area (Å²) in [6.07, 6.45) is 5.48. The maximum Gasteiger partial charge on any atom is 0.252 e. The van der Waals surface area contributed by atoms with E-state index in [0.717, 1.165) is 22.6 Å². The van der Waals surface area contributed by atoms with E-state index in [1.54, 1.807) is 19.4 Å². The molecule has 2 aromatic heterocycles. The van der Waals surface area contributed by atoms with Gasteiger partial charge in [-0.2, -0.15) is 4.98 Å². The molecule has 0 spiro atoms. The summed E-state index contributed by atoms with van der Waals surface area (Å²) in [5.74, 6) is 1.58. The van der Waals surface area contributed by atoms with Crippen LogP contribution in [0.3, 0.4) is 0 Å². The van der Waals surface area contributed by atoms with Crippen LogP contribution in [0.15, 0.2) is 76.7 Å². The van der Waals surface area contributed by atoms with Gasteiger partial charge in [-0.1, -0.05) is 41.6 Å². The maximum absolute atomic E-state index is 12.8. The molecule has 8 heteroatoms. The van der Waals surface area contributed by atoms with E-state index in [-0.39, 0.29) is 5.91 Å². The van der Waals surface area contributed by atoms with Gasteiger partial charge < -0.3 is 14.4 Å². The molecule has 152 valence electrons. The van der Waals surface area contributed by atoms with Crippen LogP contribution >= 0.6 is 11.8 Å². The second-order valence-electron chi connectivity index (χ2n) is 6.75. The number of nitrogens with zero attached hydrogens (tertiary/aromatic N) is 4. The summed E-state index contributed by atoms with van der Waals surface area (Å²) in [7, 11) is 0. The van der Waals surface area contributed by atoms with Crippen molar-refractivity contribution in [2.24, 2.45) is 0 Å². The summed E-state index contributed by atoms with van der Waals surface area (Å²) in [4.78, 5) is 22.0. The Kier molecular flexibility index (Phi) is 6.24. The van der Waals surface area contributed by atoms with E-state index < -0.39 is 0 Å². The molecule has 0 aliphatic carbocycles. The number of aryl methyl sites for hydroxylation is 1. The Morgan fingerprint density at radius 2 is 2.03 bits per heavy atom. The van der Waals surface area contributed by atoms with Crippen LogP contribution in [0.2, 0.25) is 0 Å². The Bertz CT molecular complexity index is 1120. The number of rotatable bonds is 8. The normalized spacial score (nSPS) is 10.8. The molecule has 2 aromatic carbocycles. The molecular formula is C22H21N5O2S. The van der Waals surface area contributed by atoms with Gasteiger partial charge in [0.1, 0.15) is 0 Å². The minimum Gasteiger partial charge on any atom is -0.348 e. The Labute approximate surface area is 178 Å². The van der Waals surface area contributed by atoms with Crippen molar-refractivity contribution in [1.82, 2.24) is 25.0 Å². The highest BCUT2D eigenvalue weighted by molar-refractivity contribution is 7.98. The standard InChI is InChI=1S/C22H21N5O2S/c1-16-25-21(26-29-16)14-30-20-8-3-2-7-19(20)22(28)24-12-17-5-4-6-18(11-17)13-27-10-9-23-15-27/h2-11,15H,12-14H2,1H3,(H,24,28). The van der Waals surface area contributed by atoms with Gasteiger partial charge in [-0.3, -0.25) is 4.79 Å². The highest BCUT2D eigenvalue weighted by Crippen LogP contribution is 2.25. The van der Waals surface area contributed by atoms with Crippen LogP contribution in [-0.2, 0) is 18.8 Å². The molecule has 0 unspecified atom stereocenters. The number of hydrogen-bond acceptors (Lipinski definition) is 6. The van der Waals surface area contributed by atoms with E-state index in [4.69, 9.17) is 4.52 Å². The van der Waals surface area contributed by atoms with Crippen LogP contribution in [0.5, 0.6) is 0 Å². The van der Waals surface area contributed by atoms with Crippen molar-refractivity contribution in [2.45, 2.75) is 30.7 Å². The Morgan fingerprint density at radius 1 is 1.17 bits per heavy atom. The fourth-order valence-electron chi connectivity index (χ4n) is 3.03. The molecule has 0 saturated carbocycles. The van der Waals surface area contributed by atoms with Gasteiger partial charge in [0.2, 0.25) is 5.89 Å². The van der Waals surface area contributed by atoms with Crippen molar-refractivity contribution >= 4 is 17.7 Å².